The van der Waals surface area contributed by atoms with Crippen LogP contribution in [0.1, 0.15) is 43.2 Å². The van der Waals surface area contributed by atoms with E-state index in [9.17, 15) is 4.79 Å². The molecule has 4 heteroatoms. The van der Waals surface area contributed by atoms with Gasteiger partial charge in [0.05, 0.1) is 26.2 Å². The van der Waals surface area contributed by atoms with Crippen LogP contribution in [0, 0.1) is 19.8 Å². The summed E-state index contributed by atoms with van der Waals surface area (Å²) in [4.78, 5) is 16.2. The first kappa shape index (κ1) is 18.2. The smallest absolute Gasteiger partial charge is 0.275 e. The maximum absolute atomic E-state index is 12.3. The molecule has 2 fully saturated rings. The van der Waals surface area contributed by atoms with E-state index in [1.54, 1.807) is 0 Å². The van der Waals surface area contributed by atoms with E-state index in [4.69, 9.17) is 0 Å². The third kappa shape index (κ3) is 4.97. The second kappa shape index (κ2) is 8.70. The minimum atomic E-state index is 0.237. The summed E-state index contributed by atoms with van der Waals surface area (Å²) in [6.07, 6.45) is 6.64. The average Bonchev–Trinajstić information content (AvgIpc) is 2.64. The second-order valence-electron chi connectivity index (χ2n) is 7.94. The molecule has 0 atom stereocenters. The van der Waals surface area contributed by atoms with Gasteiger partial charge in [0.2, 0.25) is 0 Å². The molecule has 1 aromatic rings. The van der Waals surface area contributed by atoms with Crippen molar-refractivity contribution in [3.8, 4) is 0 Å². The highest BCUT2D eigenvalue weighted by Gasteiger charge is 2.23. The number of aryl methyl sites for hydroxylation is 1. The molecule has 25 heavy (non-hydrogen) atoms. The van der Waals surface area contributed by atoms with E-state index in [-0.39, 0.29) is 5.91 Å². The number of hydrogen-bond acceptors (Lipinski definition) is 2. The second-order valence-corrected chi connectivity index (χ2v) is 7.94. The van der Waals surface area contributed by atoms with Crippen molar-refractivity contribution in [2.75, 3.05) is 44.2 Å². The Hall–Kier alpha value is -1.55. The van der Waals surface area contributed by atoms with Crippen molar-refractivity contribution in [3.63, 3.8) is 0 Å². The van der Waals surface area contributed by atoms with Gasteiger partial charge in [0, 0.05) is 12.2 Å². The largest absolute Gasteiger partial charge is 0.360 e. The normalized spacial score (nSPS) is 19.8. The van der Waals surface area contributed by atoms with Crippen molar-refractivity contribution >= 4 is 11.6 Å². The summed E-state index contributed by atoms with van der Waals surface area (Å²) in [5.41, 5.74) is 4.10. The molecule has 2 aliphatic rings. The molecule has 1 aromatic carbocycles. The lowest BCUT2D eigenvalue weighted by Crippen LogP contribution is -3.16. The predicted octanol–water partition coefficient (Wildman–Crippen LogP) is 1.70. The number of amides is 1. The van der Waals surface area contributed by atoms with Crippen molar-refractivity contribution in [1.29, 1.82) is 0 Å². The van der Waals surface area contributed by atoms with Crippen molar-refractivity contribution in [2.45, 2.75) is 46.0 Å². The van der Waals surface area contributed by atoms with Gasteiger partial charge in [-0.15, -0.1) is 0 Å². The van der Waals surface area contributed by atoms with Gasteiger partial charge in [0.1, 0.15) is 0 Å². The Bertz CT molecular complexity index is 573. The van der Waals surface area contributed by atoms with Crippen molar-refractivity contribution in [2.24, 2.45) is 5.92 Å². The molecule has 0 spiro atoms. The van der Waals surface area contributed by atoms with E-state index in [1.165, 1.54) is 53.8 Å². The van der Waals surface area contributed by atoms with E-state index in [1.807, 2.05) is 0 Å². The van der Waals surface area contributed by atoms with Crippen molar-refractivity contribution in [1.82, 2.24) is 5.32 Å². The van der Waals surface area contributed by atoms with Gasteiger partial charge in [0.15, 0.2) is 6.54 Å². The number of quaternary nitrogens is 1. The molecule has 4 nitrogen and oxygen atoms in total. The topological polar surface area (TPSA) is 36.8 Å². The molecule has 1 saturated heterocycles. The van der Waals surface area contributed by atoms with Crippen LogP contribution in [0.4, 0.5) is 5.69 Å². The van der Waals surface area contributed by atoms with Gasteiger partial charge in [-0.25, -0.2) is 0 Å². The third-order valence-electron chi connectivity index (χ3n) is 6.11. The van der Waals surface area contributed by atoms with E-state index in [0.717, 1.165) is 32.7 Å². The minimum Gasteiger partial charge on any atom is -0.360 e. The zero-order valence-electron chi connectivity index (χ0n) is 15.9. The highest BCUT2D eigenvalue weighted by atomic mass is 16.2. The Morgan fingerprint density at radius 2 is 1.88 bits per heavy atom. The summed E-state index contributed by atoms with van der Waals surface area (Å²) in [6, 6.07) is 6.55. The SMILES string of the molecule is Cc1cccc(N2CC[NH+](CC(=O)NCC3CCCCC3)CC2)c1C. The maximum atomic E-state index is 12.3. The molecule has 0 unspecified atom stereocenters. The van der Waals surface area contributed by atoms with Crippen LogP contribution in [0.25, 0.3) is 0 Å². The quantitative estimate of drug-likeness (QED) is 0.853. The van der Waals surface area contributed by atoms with Gasteiger partial charge in [-0.1, -0.05) is 31.4 Å². The number of benzene rings is 1. The molecule has 0 radical (unpaired) electrons. The van der Waals surface area contributed by atoms with Crippen LogP contribution in [0.3, 0.4) is 0 Å². The summed E-state index contributed by atoms with van der Waals surface area (Å²) >= 11 is 0. The fourth-order valence-corrected chi connectivity index (χ4v) is 4.26. The first-order valence-electron chi connectivity index (χ1n) is 10.0. The van der Waals surface area contributed by atoms with Crippen LogP contribution >= 0.6 is 0 Å². The monoisotopic (exact) mass is 344 g/mol. The van der Waals surface area contributed by atoms with Gasteiger partial charge in [-0.3, -0.25) is 4.79 Å². The molecule has 1 heterocycles. The van der Waals surface area contributed by atoms with Gasteiger partial charge >= 0.3 is 0 Å². The first-order valence-corrected chi connectivity index (χ1v) is 10.0. The predicted molar refractivity (Wildman–Crippen MR) is 103 cm³/mol. The Morgan fingerprint density at radius 3 is 2.60 bits per heavy atom. The number of anilines is 1. The number of nitrogens with zero attached hydrogens (tertiary/aromatic N) is 1. The summed E-state index contributed by atoms with van der Waals surface area (Å²) in [7, 11) is 0. The number of rotatable bonds is 5. The van der Waals surface area contributed by atoms with Crippen LogP contribution in [0.2, 0.25) is 0 Å². The summed E-state index contributed by atoms with van der Waals surface area (Å²) < 4.78 is 0. The highest BCUT2D eigenvalue weighted by molar-refractivity contribution is 5.76. The number of carbonyl (C=O) groups excluding carboxylic acids is 1. The molecular weight excluding hydrogens is 310 g/mol. The molecule has 1 aliphatic carbocycles. The van der Waals surface area contributed by atoms with Crippen LogP contribution in [0.15, 0.2) is 18.2 Å². The van der Waals surface area contributed by atoms with Crippen molar-refractivity contribution in [3.05, 3.63) is 29.3 Å². The summed E-state index contributed by atoms with van der Waals surface area (Å²) in [5.74, 6) is 0.953. The lowest BCUT2D eigenvalue weighted by atomic mass is 9.89. The molecule has 0 aromatic heterocycles. The third-order valence-corrected chi connectivity index (χ3v) is 6.11. The van der Waals surface area contributed by atoms with Gasteiger partial charge in [0.25, 0.3) is 5.91 Å². The first-order chi connectivity index (χ1) is 12.1. The van der Waals surface area contributed by atoms with Gasteiger partial charge in [-0.05, 0) is 49.8 Å². The average molecular weight is 345 g/mol. The molecule has 138 valence electrons. The summed E-state index contributed by atoms with van der Waals surface area (Å²) in [6.45, 7) is 10.1. The zero-order chi connectivity index (χ0) is 17.6. The fourth-order valence-electron chi connectivity index (χ4n) is 4.26. The molecule has 1 saturated carbocycles. The lowest BCUT2D eigenvalue weighted by Gasteiger charge is -2.34. The Kier molecular flexibility index (Phi) is 6.35. The van der Waals surface area contributed by atoms with Crippen LogP contribution in [-0.4, -0.2) is 45.2 Å². The molecule has 0 bridgehead atoms. The molecular formula is C21H34N3O+. The van der Waals surface area contributed by atoms with Crippen LogP contribution in [-0.2, 0) is 4.79 Å². The number of carbonyl (C=O) groups is 1. The molecule has 3 rings (SSSR count). The number of piperazine rings is 1. The van der Waals surface area contributed by atoms with Crippen molar-refractivity contribution < 1.29 is 9.69 Å². The van der Waals surface area contributed by atoms with E-state index in [0.29, 0.717) is 12.5 Å². The molecule has 1 aliphatic heterocycles. The van der Waals surface area contributed by atoms with Gasteiger partial charge < -0.3 is 15.1 Å². The number of nitrogens with one attached hydrogen (secondary N) is 2. The minimum absolute atomic E-state index is 0.237. The Morgan fingerprint density at radius 1 is 1.16 bits per heavy atom. The number of hydrogen-bond donors (Lipinski definition) is 2. The van der Waals surface area contributed by atoms with Crippen LogP contribution in [0.5, 0.6) is 0 Å². The van der Waals surface area contributed by atoms with E-state index < -0.39 is 0 Å². The lowest BCUT2D eigenvalue weighted by molar-refractivity contribution is -0.892. The standard InChI is InChI=1S/C21H33N3O/c1-17-7-6-10-20(18(17)2)24-13-11-23(12-14-24)16-21(25)22-15-19-8-4-3-5-9-19/h6-7,10,19H,3-5,8-9,11-16H2,1-2H3,(H,22,25)/p+1. The fraction of sp³-hybridized carbons (Fsp3) is 0.667. The Balaban J connectivity index is 1.41. The van der Waals surface area contributed by atoms with E-state index >= 15 is 0 Å². The van der Waals surface area contributed by atoms with E-state index in [2.05, 4.69) is 42.3 Å². The zero-order valence-corrected chi connectivity index (χ0v) is 15.9. The van der Waals surface area contributed by atoms with Gasteiger partial charge in [-0.2, -0.15) is 0 Å². The summed E-state index contributed by atoms with van der Waals surface area (Å²) in [5, 5.41) is 3.19. The van der Waals surface area contributed by atoms with Crippen LogP contribution < -0.4 is 15.1 Å². The molecule has 2 N–H and O–H groups in total. The Labute approximate surface area is 152 Å². The molecule has 1 amide bonds. The highest BCUT2D eigenvalue weighted by Crippen LogP contribution is 2.23. The maximum Gasteiger partial charge on any atom is 0.275 e.